The topological polar surface area (TPSA) is 111 Å². The largest absolute Gasteiger partial charge is 0.344 e. The average Bonchev–Trinajstić information content (AvgIpc) is 3.23. The number of nitrogens with one attached hydrogen (secondary N) is 1. The van der Waals surface area contributed by atoms with Crippen LogP contribution in [0.2, 0.25) is 0 Å². The summed E-state index contributed by atoms with van der Waals surface area (Å²) in [6.45, 7) is 0. The molecule has 1 aromatic carbocycles. The summed E-state index contributed by atoms with van der Waals surface area (Å²) < 4.78 is 1.58. The maximum Gasteiger partial charge on any atom is 0.344 e. The Morgan fingerprint density at radius 3 is 2.86 bits per heavy atom. The summed E-state index contributed by atoms with van der Waals surface area (Å²) in [6.07, 6.45) is 2.32. The minimum Gasteiger partial charge on any atom is -0.298 e. The summed E-state index contributed by atoms with van der Waals surface area (Å²) in [5.41, 5.74) is -0.505. The Morgan fingerprint density at radius 1 is 1.48 bits per heavy atom. The monoisotopic (exact) mass is 306 g/mol. The molecule has 1 fully saturated rings. The van der Waals surface area contributed by atoms with Gasteiger partial charge in [0.25, 0.3) is 5.69 Å². The Hall–Kier alpha value is -2.42. The van der Waals surface area contributed by atoms with Crippen LogP contribution in [0.4, 0.5) is 5.69 Å². The van der Waals surface area contributed by atoms with Gasteiger partial charge in [0.15, 0.2) is 11.4 Å². The van der Waals surface area contributed by atoms with Crippen molar-refractivity contribution in [3.8, 4) is 0 Å². The fourth-order valence-corrected chi connectivity index (χ4v) is 2.93. The zero-order valence-corrected chi connectivity index (χ0v) is 11.5. The van der Waals surface area contributed by atoms with Crippen LogP contribution in [0.15, 0.2) is 33.0 Å². The van der Waals surface area contributed by atoms with Crippen LogP contribution in [0.1, 0.15) is 29.2 Å². The quantitative estimate of drug-likeness (QED) is 0.512. The molecule has 108 valence electrons. The molecule has 0 spiro atoms. The van der Waals surface area contributed by atoms with Crippen molar-refractivity contribution in [2.24, 2.45) is 0 Å². The number of nitro groups is 1. The first-order valence-electron chi connectivity index (χ1n) is 6.18. The molecule has 21 heavy (non-hydrogen) atoms. The third kappa shape index (κ3) is 2.59. The number of hydrogen-bond donors (Lipinski definition) is 1. The lowest BCUT2D eigenvalue weighted by Crippen LogP contribution is -2.15. The summed E-state index contributed by atoms with van der Waals surface area (Å²) in [7, 11) is 0. The van der Waals surface area contributed by atoms with Gasteiger partial charge in [-0.25, -0.2) is 9.89 Å². The van der Waals surface area contributed by atoms with Gasteiger partial charge in [0.05, 0.1) is 10.5 Å². The molecule has 0 radical (unpaired) electrons. The van der Waals surface area contributed by atoms with Gasteiger partial charge in [0.2, 0.25) is 0 Å². The summed E-state index contributed by atoms with van der Waals surface area (Å²) >= 11 is 1.19. The summed E-state index contributed by atoms with van der Waals surface area (Å²) in [6, 6.07) is 4.40. The van der Waals surface area contributed by atoms with E-state index in [1.165, 1.54) is 30.0 Å². The van der Waals surface area contributed by atoms with Crippen molar-refractivity contribution in [2.45, 2.75) is 28.9 Å². The van der Waals surface area contributed by atoms with Gasteiger partial charge in [0, 0.05) is 17.0 Å². The highest BCUT2D eigenvalue weighted by Crippen LogP contribution is 2.38. The number of carbonyl (C=O) groups excluding carboxylic acids is 1. The molecule has 3 rings (SSSR count). The molecule has 0 unspecified atom stereocenters. The van der Waals surface area contributed by atoms with E-state index in [0.29, 0.717) is 16.3 Å². The average molecular weight is 306 g/mol. The minimum atomic E-state index is -0.604. The first kappa shape index (κ1) is 13.6. The van der Waals surface area contributed by atoms with Gasteiger partial charge in [-0.05, 0) is 36.7 Å². The highest BCUT2D eigenvalue weighted by atomic mass is 32.2. The van der Waals surface area contributed by atoms with E-state index in [-0.39, 0.29) is 23.0 Å². The molecule has 0 aliphatic heterocycles. The molecular weight excluding hydrogens is 296 g/mol. The maximum absolute atomic E-state index is 11.7. The van der Waals surface area contributed by atoms with Crippen molar-refractivity contribution in [3.63, 3.8) is 0 Å². The minimum absolute atomic E-state index is 0.000791. The zero-order valence-electron chi connectivity index (χ0n) is 10.7. The number of aromatic amines is 1. The Labute approximate surface area is 122 Å². The molecular formula is C12H10N4O4S. The molecule has 0 atom stereocenters. The van der Waals surface area contributed by atoms with Crippen LogP contribution in [-0.2, 0) is 0 Å². The molecule has 9 heteroatoms. The molecule has 2 aromatic rings. The summed E-state index contributed by atoms with van der Waals surface area (Å²) in [4.78, 5) is 33.4. The first-order valence-corrected chi connectivity index (χ1v) is 7.00. The standard InChI is InChI=1S/C12H10N4O4S/c17-6-7-5-9(3-4-10(7)16(19)20)21-12-14-13-11(18)15(12)8-1-2-8/h3-6,8H,1-2H2,(H,13,18). The smallest absolute Gasteiger partial charge is 0.298 e. The molecule has 1 heterocycles. The van der Waals surface area contributed by atoms with E-state index >= 15 is 0 Å². The molecule has 1 N–H and O–H groups in total. The van der Waals surface area contributed by atoms with E-state index in [9.17, 15) is 19.7 Å². The predicted molar refractivity (Wildman–Crippen MR) is 73.7 cm³/mol. The normalized spacial score (nSPS) is 14.1. The van der Waals surface area contributed by atoms with Crippen molar-refractivity contribution >= 4 is 23.7 Å². The zero-order chi connectivity index (χ0) is 15.0. The van der Waals surface area contributed by atoms with Gasteiger partial charge in [-0.3, -0.25) is 19.5 Å². The fraction of sp³-hybridized carbons (Fsp3) is 0.250. The molecule has 8 nitrogen and oxygen atoms in total. The van der Waals surface area contributed by atoms with Gasteiger partial charge >= 0.3 is 5.69 Å². The molecule has 1 saturated carbocycles. The third-order valence-electron chi connectivity index (χ3n) is 3.12. The molecule has 0 bridgehead atoms. The van der Waals surface area contributed by atoms with Gasteiger partial charge in [-0.1, -0.05) is 0 Å². The van der Waals surface area contributed by atoms with Crippen LogP contribution in [-0.4, -0.2) is 26.0 Å². The maximum atomic E-state index is 11.7. The third-order valence-corrected chi connectivity index (χ3v) is 4.08. The Bertz CT molecular complexity index is 778. The molecule has 0 saturated heterocycles. The number of benzene rings is 1. The van der Waals surface area contributed by atoms with E-state index in [4.69, 9.17) is 0 Å². The van der Waals surface area contributed by atoms with Crippen LogP contribution in [0, 0.1) is 10.1 Å². The van der Waals surface area contributed by atoms with E-state index in [0.717, 1.165) is 12.8 Å². The highest BCUT2D eigenvalue weighted by Gasteiger charge is 2.28. The number of rotatable bonds is 5. The van der Waals surface area contributed by atoms with E-state index in [1.54, 1.807) is 4.57 Å². The van der Waals surface area contributed by atoms with E-state index in [2.05, 4.69) is 10.2 Å². The molecule has 1 aliphatic carbocycles. The van der Waals surface area contributed by atoms with Crippen LogP contribution >= 0.6 is 11.8 Å². The van der Waals surface area contributed by atoms with Crippen molar-refractivity contribution in [3.05, 3.63) is 44.4 Å². The van der Waals surface area contributed by atoms with Gasteiger partial charge in [-0.2, -0.15) is 0 Å². The molecule has 1 aromatic heterocycles. The molecule has 0 amide bonds. The van der Waals surface area contributed by atoms with Crippen LogP contribution in [0.5, 0.6) is 0 Å². The van der Waals surface area contributed by atoms with E-state index in [1.807, 2.05) is 0 Å². The Morgan fingerprint density at radius 2 is 2.24 bits per heavy atom. The van der Waals surface area contributed by atoms with Crippen molar-refractivity contribution in [1.29, 1.82) is 0 Å². The van der Waals surface area contributed by atoms with Crippen molar-refractivity contribution in [2.75, 3.05) is 0 Å². The van der Waals surface area contributed by atoms with Crippen LogP contribution < -0.4 is 5.69 Å². The fourth-order valence-electron chi connectivity index (χ4n) is 1.98. The number of aldehydes is 1. The van der Waals surface area contributed by atoms with Crippen LogP contribution in [0.25, 0.3) is 0 Å². The Kier molecular flexibility index (Phi) is 3.34. The second-order valence-corrected chi connectivity index (χ2v) is 5.65. The predicted octanol–water partition coefficient (Wildman–Crippen LogP) is 1.78. The highest BCUT2D eigenvalue weighted by molar-refractivity contribution is 7.99. The van der Waals surface area contributed by atoms with Gasteiger partial charge in [-0.15, -0.1) is 5.10 Å². The van der Waals surface area contributed by atoms with Crippen molar-refractivity contribution in [1.82, 2.24) is 14.8 Å². The van der Waals surface area contributed by atoms with Gasteiger partial charge < -0.3 is 0 Å². The number of hydrogen-bond acceptors (Lipinski definition) is 6. The molecule has 1 aliphatic rings. The Balaban J connectivity index is 1.93. The lowest BCUT2D eigenvalue weighted by atomic mass is 10.2. The number of H-pyrrole nitrogens is 1. The number of nitrogens with zero attached hydrogens (tertiary/aromatic N) is 3. The lowest BCUT2D eigenvalue weighted by molar-refractivity contribution is -0.385. The lowest BCUT2D eigenvalue weighted by Gasteiger charge is -2.04. The first-order chi connectivity index (χ1) is 10.1. The SMILES string of the molecule is O=Cc1cc(Sc2n[nH]c(=O)n2C2CC2)ccc1[N+](=O)[O-]. The second-order valence-electron chi connectivity index (χ2n) is 4.61. The summed E-state index contributed by atoms with van der Waals surface area (Å²) in [5, 5.41) is 17.6. The number of nitro benzene ring substituents is 1. The van der Waals surface area contributed by atoms with Crippen LogP contribution in [0.3, 0.4) is 0 Å². The summed E-state index contributed by atoms with van der Waals surface area (Å²) in [5.74, 6) is 0. The second kappa shape index (κ2) is 5.17. The van der Waals surface area contributed by atoms with E-state index < -0.39 is 4.92 Å². The van der Waals surface area contributed by atoms with Crippen molar-refractivity contribution < 1.29 is 9.72 Å². The van der Waals surface area contributed by atoms with Gasteiger partial charge in [0.1, 0.15) is 0 Å². The number of carbonyl (C=O) groups is 1. The number of aromatic nitrogens is 3.